The number of fused-ring (bicyclic) bond motifs is 1. The van der Waals surface area contributed by atoms with Gasteiger partial charge >= 0.3 is 0 Å². The number of hydrogen-bond donors (Lipinski definition) is 2. The number of rotatable bonds is 3. The van der Waals surface area contributed by atoms with Gasteiger partial charge in [0.25, 0.3) is 5.69 Å². The number of aliphatic imine (C=N–C) groups is 1. The number of imidazole rings is 1. The molecular formula is C12H9N5O3S. The average Bonchev–Trinajstić information content (AvgIpc) is 3.03. The van der Waals surface area contributed by atoms with Crippen molar-refractivity contribution < 1.29 is 10.0 Å². The van der Waals surface area contributed by atoms with Crippen molar-refractivity contribution in [1.29, 1.82) is 0 Å². The molecule has 9 heteroatoms. The van der Waals surface area contributed by atoms with E-state index in [1.165, 1.54) is 24.0 Å². The van der Waals surface area contributed by atoms with Crippen molar-refractivity contribution in [3.05, 3.63) is 33.6 Å². The molecule has 3 heterocycles. The summed E-state index contributed by atoms with van der Waals surface area (Å²) in [6.07, 6.45) is 6.16. The van der Waals surface area contributed by atoms with Gasteiger partial charge in [-0.15, -0.1) is 0 Å². The molecule has 0 aromatic carbocycles. The number of nitro groups is 1. The molecule has 0 spiro atoms. The molecule has 0 radical (unpaired) electrons. The number of allylic oxidation sites excluding steroid dienone is 1. The number of thioether (sulfide) groups is 1. The molecule has 2 aromatic rings. The molecule has 0 aliphatic carbocycles. The molecule has 0 fully saturated rings. The van der Waals surface area contributed by atoms with Crippen LogP contribution in [0.1, 0.15) is 11.3 Å². The zero-order valence-corrected chi connectivity index (χ0v) is 11.6. The molecule has 2 N–H and O–H groups in total. The van der Waals surface area contributed by atoms with Crippen LogP contribution < -0.4 is 0 Å². The number of pyridine rings is 1. The van der Waals surface area contributed by atoms with Gasteiger partial charge in [0.15, 0.2) is 11.0 Å². The van der Waals surface area contributed by atoms with Crippen LogP contribution in [0.5, 0.6) is 5.88 Å². The highest BCUT2D eigenvalue weighted by molar-refractivity contribution is 7.98. The first-order valence-corrected chi connectivity index (χ1v) is 7.04. The van der Waals surface area contributed by atoms with Gasteiger partial charge in [0.05, 0.1) is 4.92 Å². The van der Waals surface area contributed by atoms with E-state index in [1.54, 1.807) is 12.3 Å². The summed E-state index contributed by atoms with van der Waals surface area (Å²) in [5.41, 5.74) is 1.47. The Labute approximate surface area is 122 Å². The highest BCUT2D eigenvalue weighted by Crippen LogP contribution is 2.34. The fourth-order valence-electron chi connectivity index (χ4n) is 1.89. The zero-order chi connectivity index (χ0) is 15.0. The summed E-state index contributed by atoms with van der Waals surface area (Å²) >= 11 is 1.36. The van der Waals surface area contributed by atoms with Gasteiger partial charge in [0.1, 0.15) is 11.9 Å². The maximum Gasteiger partial charge on any atom is 0.288 e. The van der Waals surface area contributed by atoms with Gasteiger partial charge in [-0.2, -0.15) is 4.98 Å². The van der Waals surface area contributed by atoms with Crippen molar-refractivity contribution in [2.24, 2.45) is 4.99 Å². The average molecular weight is 303 g/mol. The van der Waals surface area contributed by atoms with Crippen molar-refractivity contribution in [3.8, 4) is 5.88 Å². The molecule has 106 valence electrons. The van der Waals surface area contributed by atoms with Crippen molar-refractivity contribution in [3.63, 3.8) is 0 Å². The first-order valence-electron chi connectivity index (χ1n) is 5.82. The van der Waals surface area contributed by atoms with E-state index in [0.29, 0.717) is 27.8 Å². The second kappa shape index (κ2) is 5.02. The summed E-state index contributed by atoms with van der Waals surface area (Å²) in [5.74, 6) is 0.281. The van der Waals surface area contributed by atoms with Crippen LogP contribution in [-0.2, 0) is 0 Å². The van der Waals surface area contributed by atoms with Gasteiger partial charge in [-0.05, 0) is 12.3 Å². The highest BCUT2D eigenvalue weighted by Gasteiger charge is 2.19. The van der Waals surface area contributed by atoms with Crippen LogP contribution in [0.2, 0.25) is 0 Å². The normalized spacial score (nSPS) is 14.6. The lowest BCUT2D eigenvalue weighted by molar-refractivity contribution is -0.385. The van der Waals surface area contributed by atoms with Gasteiger partial charge in [0.2, 0.25) is 5.88 Å². The van der Waals surface area contributed by atoms with Gasteiger partial charge < -0.3 is 10.1 Å². The van der Waals surface area contributed by atoms with Gasteiger partial charge in [-0.1, -0.05) is 11.8 Å². The minimum atomic E-state index is -0.511. The van der Waals surface area contributed by atoms with E-state index < -0.39 is 4.92 Å². The van der Waals surface area contributed by atoms with Gasteiger partial charge in [0, 0.05) is 23.4 Å². The molecular weight excluding hydrogens is 294 g/mol. The smallest absolute Gasteiger partial charge is 0.288 e. The largest absolute Gasteiger partial charge is 0.492 e. The molecule has 2 aromatic heterocycles. The summed E-state index contributed by atoms with van der Waals surface area (Å²) in [7, 11) is 0. The second-order valence-corrected chi connectivity index (χ2v) is 4.96. The first-order chi connectivity index (χ1) is 10.1. The molecule has 0 bridgehead atoms. The molecule has 0 saturated carbocycles. The van der Waals surface area contributed by atoms with Gasteiger partial charge in [-0.25, -0.2) is 9.98 Å². The summed E-state index contributed by atoms with van der Waals surface area (Å²) in [6, 6.07) is 1.41. The molecule has 1 aliphatic heterocycles. The van der Waals surface area contributed by atoms with Crippen LogP contribution in [-0.4, -0.2) is 37.5 Å². The number of hydrogen-bond acceptors (Lipinski definition) is 7. The predicted octanol–water partition coefficient (Wildman–Crippen LogP) is 2.40. The minimum absolute atomic E-state index is 0.108. The van der Waals surface area contributed by atoms with Crippen molar-refractivity contribution >= 4 is 41.1 Å². The molecule has 0 atom stereocenters. The third kappa shape index (κ3) is 2.38. The van der Waals surface area contributed by atoms with E-state index in [2.05, 4.69) is 19.9 Å². The lowest BCUT2D eigenvalue weighted by atomic mass is 10.1. The van der Waals surface area contributed by atoms with Crippen LogP contribution >= 0.6 is 11.8 Å². The van der Waals surface area contributed by atoms with E-state index in [0.717, 1.165) is 0 Å². The van der Waals surface area contributed by atoms with Crippen molar-refractivity contribution in [2.75, 3.05) is 6.26 Å². The quantitative estimate of drug-likeness (QED) is 0.510. The topological polar surface area (TPSA) is 117 Å². The summed E-state index contributed by atoms with van der Waals surface area (Å²) < 4.78 is 0. The number of aromatic amines is 1. The van der Waals surface area contributed by atoms with Crippen LogP contribution in [0.3, 0.4) is 0 Å². The summed E-state index contributed by atoms with van der Waals surface area (Å²) in [6.45, 7) is 0. The zero-order valence-electron chi connectivity index (χ0n) is 10.8. The fraction of sp³-hybridized carbons (Fsp3) is 0.0833. The van der Waals surface area contributed by atoms with Crippen LogP contribution in [0.25, 0.3) is 11.6 Å². The van der Waals surface area contributed by atoms with Crippen molar-refractivity contribution in [1.82, 2.24) is 15.0 Å². The molecule has 8 nitrogen and oxygen atoms in total. The van der Waals surface area contributed by atoms with E-state index in [9.17, 15) is 15.2 Å². The van der Waals surface area contributed by atoms with Crippen molar-refractivity contribution in [2.45, 2.75) is 5.16 Å². The minimum Gasteiger partial charge on any atom is -0.492 e. The van der Waals surface area contributed by atoms with Crippen LogP contribution in [0, 0.1) is 10.1 Å². The van der Waals surface area contributed by atoms with Crippen LogP contribution in [0.15, 0.2) is 22.4 Å². The van der Waals surface area contributed by atoms with E-state index in [-0.39, 0.29) is 11.6 Å². The van der Waals surface area contributed by atoms with E-state index in [4.69, 9.17) is 0 Å². The Kier molecular flexibility index (Phi) is 3.18. The van der Waals surface area contributed by atoms with Crippen LogP contribution in [0.4, 0.5) is 11.5 Å². The maximum absolute atomic E-state index is 10.8. The molecule has 0 amide bonds. The third-order valence-corrected chi connectivity index (χ3v) is 3.46. The predicted molar refractivity (Wildman–Crippen MR) is 78.9 cm³/mol. The summed E-state index contributed by atoms with van der Waals surface area (Å²) in [5, 5.41) is 21.1. The first kappa shape index (κ1) is 13.3. The highest BCUT2D eigenvalue weighted by atomic mass is 32.2. The number of aromatic hydroxyl groups is 1. The standard InChI is InChI=1S/C12H9N5O3S/c1-21-12-15-9(11(18)16-12)2-6-4-13-10-8(6)3-7(5-14-10)17(19)20/h2-5,18H,1H3,(H,15,16)/b6-2+. The number of H-pyrrole nitrogens is 1. The lowest BCUT2D eigenvalue weighted by Gasteiger charge is -1.98. The van der Waals surface area contributed by atoms with Gasteiger partial charge in [-0.3, -0.25) is 10.1 Å². The molecule has 0 unspecified atom stereocenters. The Morgan fingerprint density at radius 3 is 3.00 bits per heavy atom. The van der Waals surface area contributed by atoms with E-state index >= 15 is 0 Å². The lowest BCUT2D eigenvalue weighted by Crippen LogP contribution is -1.91. The molecule has 21 heavy (non-hydrogen) atoms. The Bertz CT molecular complexity index is 796. The SMILES string of the molecule is CSc1nc(O)c(/C=C2\C=Nc3ncc([N+](=O)[O-])cc32)[nH]1. The Balaban J connectivity index is 2.05. The molecule has 1 aliphatic rings. The molecule has 0 saturated heterocycles. The molecule has 3 rings (SSSR count). The van der Waals surface area contributed by atoms with E-state index in [1.807, 2.05) is 6.26 Å². The number of aromatic nitrogens is 3. The monoisotopic (exact) mass is 303 g/mol. The Hall–Kier alpha value is -2.68. The Morgan fingerprint density at radius 2 is 2.33 bits per heavy atom. The third-order valence-electron chi connectivity index (χ3n) is 2.88. The Morgan fingerprint density at radius 1 is 1.52 bits per heavy atom. The number of nitrogens with zero attached hydrogens (tertiary/aromatic N) is 4. The second-order valence-electron chi connectivity index (χ2n) is 4.16. The fourth-order valence-corrected chi connectivity index (χ4v) is 2.27. The summed E-state index contributed by atoms with van der Waals surface area (Å²) in [4.78, 5) is 25.2. The maximum atomic E-state index is 10.8. The number of nitrogens with one attached hydrogen (secondary N) is 1.